The van der Waals surface area contributed by atoms with Crippen molar-refractivity contribution >= 4 is 0 Å². The third kappa shape index (κ3) is 3.35. The zero-order chi connectivity index (χ0) is 12.1. The summed E-state index contributed by atoms with van der Waals surface area (Å²) in [7, 11) is 0. The predicted octanol–water partition coefficient (Wildman–Crippen LogP) is 4.13. The van der Waals surface area contributed by atoms with Crippen molar-refractivity contribution in [2.75, 3.05) is 0 Å². The fraction of sp³-hybridized carbons (Fsp3) is 0.250. The molecule has 1 nitrogen and oxygen atoms in total. The van der Waals surface area contributed by atoms with Gasteiger partial charge in [0, 0.05) is 0 Å². The molecule has 0 aliphatic rings. The van der Waals surface area contributed by atoms with Gasteiger partial charge >= 0.3 is 0 Å². The van der Waals surface area contributed by atoms with Gasteiger partial charge in [0.2, 0.25) is 0 Å². The van der Waals surface area contributed by atoms with Gasteiger partial charge in [-0.25, -0.2) is 0 Å². The minimum atomic E-state index is 0.337. The second kappa shape index (κ2) is 5.53. The minimum absolute atomic E-state index is 0.337. The first-order valence-electron chi connectivity index (χ1n) is 6.08. The van der Waals surface area contributed by atoms with Gasteiger partial charge in [0.05, 0.1) is 0 Å². The number of hydrogen-bond acceptors (Lipinski definition) is 1. The van der Waals surface area contributed by atoms with Gasteiger partial charge in [-0.3, -0.25) is 0 Å². The molecule has 0 heterocycles. The second-order valence-corrected chi connectivity index (χ2v) is 4.52. The van der Waals surface area contributed by atoms with Crippen LogP contribution in [0.5, 0.6) is 5.75 Å². The van der Waals surface area contributed by atoms with Crippen molar-refractivity contribution in [2.24, 2.45) is 0 Å². The summed E-state index contributed by atoms with van der Waals surface area (Å²) in [4.78, 5) is 0. The van der Waals surface area contributed by atoms with E-state index in [2.05, 4.69) is 31.2 Å². The number of benzene rings is 2. The Kier molecular flexibility index (Phi) is 3.81. The first kappa shape index (κ1) is 11.7. The third-order valence-corrected chi connectivity index (χ3v) is 3.17. The topological polar surface area (TPSA) is 20.2 Å². The molecule has 0 aromatic heterocycles. The van der Waals surface area contributed by atoms with Crippen molar-refractivity contribution in [3.8, 4) is 5.75 Å². The van der Waals surface area contributed by atoms with Gasteiger partial charge in [-0.1, -0.05) is 49.4 Å². The molecule has 0 radical (unpaired) electrons. The summed E-state index contributed by atoms with van der Waals surface area (Å²) >= 11 is 0. The van der Waals surface area contributed by atoms with Crippen LogP contribution in [0.15, 0.2) is 54.6 Å². The van der Waals surface area contributed by atoms with Gasteiger partial charge in [-0.05, 0) is 42.0 Å². The van der Waals surface area contributed by atoms with Crippen LogP contribution in [0.3, 0.4) is 0 Å². The zero-order valence-electron chi connectivity index (χ0n) is 10.1. The Morgan fingerprint density at radius 3 is 2.24 bits per heavy atom. The van der Waals surface area contributed by atoms with Crippen LogP contribution < -0.4 is 0 Å². The van der Waals surface area contributed by atoms with Crippen LogP contribution in [-0.4, -0.2) is 5.11 Å². The third-order valence-electron chi connectivity index (χ3n) is 3.17. The lowest BCUT2D eigenvalue weighted by Crippen LogP contribution is -1.96. The highest BCUT2D eigenvalue weighted by Gasteiger charge is 2.05. The number of rotatable bonds is 4. The smallest absolute Gasteiger partial charge is 0.115 e. The van der Waals surface area contributed by atoms with Gasteiger partial charge in [0.15, 0.2) is 0 Å². The first-order chi connectivity index (χ1) is 8.25. The van der Waals surface area contributed by atoms with Gasteiger partial charge in [-0.15, -0.1) is 0 Å². The van der Waals surface area contributed by atoms with E-state index in [0.29, 0.717) is 11.7 Å². The lowest BCUT2D eigenvalue weighted by atomic mass is 9.94. The highest BCUT2D eigenvalue weighted by Crippen LogP contribution is 2.22. The molecule has 0 bridgehead atoms. The van der Waals surface area contributed by atoms with Gasteiger partial charge in [0.1, 0.15) is 5.75 Å². The maximum absolute atomic E-state index is 9.25. The summed E-state index contributed by atoms with van der Waals surface area (Å²) in [6, 6.07) is 18.1. The SMILES string of the molecule is CC(CCc1ccccc1)c1ccc(O)cc1. The highest BCUT2D eigenvalue weighted by molar-refractivity contribution is 5.28. The summed E-state index contributed by atoms with van der Waals surface area (Å²) in [5.74, 6) is 0.861. The van der Waals surface area contributed by atoms with Gasteiger partial charge < -0.3 is 5.11 Å². The molecular formula is C16H18O. The zero-order valence-corrected chi connectivity index (χ0v) is 10.1. The van der Waals surface area contributed by atoms with E-state index in [4.69, 9.17) is 0 Å². The fourth-order valence-corrected chi connectivity index (χ4v) is 2.00. The molecule has 0 fully saturated rings. The molecular weight excluding hydrogens is 208 g/mol. The number of phenols is 1. The largest absolute Gasteiger partial charge is 0.508 e. The number of phenolic OH excluding ortho intramolecular Hbond substituents is 1. The molecule has 2 aromatic carbocycles. The van der Waals surface area contributed by atoms with Crippen molar-refractivity contribution in [1.82, 2.24) is 0 Å². The Bertz CT molecular complexity index is 445. The molecule has 88 valence electrons. The van der Waals surface area contributed by atoms with E-state index in [0.717, 1.165) is 12.8 Å². The summed E-state index contributed by atoms with van der Waals surface area (Å²) in [6.45, 7) is 2.23. The number of aromatic hydroxyl groups is 1. The van der Waals surface area contributed by atoms with Crippen molar-refractivity contribution in [2.45, 2.75) is 25.7 Å². The second-order valence-electron chi connectivity index (χ2n) is 4.52. The summed E-state index contributed by atoms with van der Waals surface area (Å²) in [5, 5.41) is 9.25. The van der Waals surface area contributed by atoms with Crippen LogP contribution in [0.1, 0.15) is 30.4 Å². The monoisotopic (exact) mass is 226 g/mol. The molecule has 1 heteroatoms. The van der Waals surface area contributed by atoms with E-state index in [1.165, 1.54) is 11.1 Å². The summed E-state index contributed by atoms with van der Waals surface area (Å²) in [5.41, 5.74) is 2.68. The molecule has 17 heavy (non-hydrogen) atoms. The summed E-state index contributed by atoms with van der Waals surface area (Å²) < 4.78 is 0. The highest BCUT2D eigenvalue weighted by atomic mass is 16.3. The van der Waals surface area contributed by atoms with E-state index in [-0.39, 0.29) is 0 Å². The van der Waals surface area contributed by atoms with E-state index >= 15 is 0 Å². The lowest BCUT2D eigenvalue weighted by molar-refractivity contribution is 0.475. The average molecular weight is 226 g/mol. The van der Waals surface area contributed by atoms with E-state index in [1.807, 2.05) is 18.2 Å². The van der Waals surface area contributed by atoms with Crippen LogP contribution in [-0.2, 0) is 6.42 Å². The maximum atomic E-state index is 9.25. The van der Waals surface area contributed by atoms with Crippen LogP contribution >= 0.6 is 0 Å². The molecule has 0 spiro atoms. The van der Waals surface area contributed by atoms with Crippen LogP contribution in [0.4, 0.5) is 0 Å². The van der Waals surface area contributed by atoms with Crippen LogP contribution in [0.25, 0.3) is 0 Å². The molecule has 0 aliphatic carbocycles. The molecule has 1 N–H and O–H groups in total. The fourth-order valence-electron chi connectivity index (χ4n) is 2.00. The van der Waals surface area contributed by atoms with Gasteiger partial charge in [-0.2, -0.15) is 0 Å². The normalized spacial score (nSPS) is 12.3. The standard InChI is InChI=1S/C16H18O/c1-13(15-9-11-16(17)12-10-15)7-8-14-5-3-2-4-6-14/h2-6,9-13,17H,7-8H2,1H3. The molecule has 0 amide bonds. The molecule has 0 aliphatic heterocycles. The van der Waals surface area contributed by atoms with Crippen molar-refractivity contribution in [1.29, 1.82) is 0 Å². The van der Waals surface area contributed by atoms with Crippen molar-refractivity contribution in [3.05, 3.63) is 65.7 Å². The Labute approximate surface area is 103 Å². The molecule has 2 rings (SSSR count). The Hall–Kier alpha value is -1.76. The Balaban J connectivity index is 1.93. The number of hydrogen-bond donors (Lipinski definition) is 1. The first-order valence-corrected chi connectivity index (χ1v) is 6.08. The Morgan fingerprint density at radius 2 is 1.59 bits per heavy atom. The quantitative estimate of drug-likeness (QED) is 0.831. The van der Waals surface area contributed by atoms with E-state index in [1.54, 1.807) is 12.1 Å². The van der Waals surface area contributed by atoms with E-state index < -0.39 is 0 Å². The van der Waals surface area contributed by atoms with Crippen LogP contribution in [0.2, 0.25) is 0 Å². The van der Waals surface area contributed by atoms with Crippen molar-refractivity contribution in [3.63, 3.8) is 0 Å². The van der Waals surface area contributed by atoms with Crippen molar-refractivity contribution < 1.29 is 5.11 Å². The van der Waals surface area contributed by atoms with Gasteiger partial charge in [0.25, 0.3) is 0 Å². The molecule has 1 unspecified atom stereocenters. The van der Waals surface area contributed by atoms with E-state index in [9.17, 15) is 5.11 Å². The maximum Gasteiger partial charge on any atom is 0.115 e. The molecule has 0 saturated carbocycles. The number of aryl methyl sites for hydroxylation is 1. The molecule has 1 atom stereocenters. The predicted molar refractivity (Wildman–Crippen MR) is 71.3 cm³/mol. The van der Waals surface area contributed by atoms with Crippen LogP contribution in [0, 0.1) is 0 Å². The average Bonchev–Trinajstić information content (AvgIpc) is 2.38. The molecule has 0 saturated heterocycles. The lowest BCUT2D eigenvalue weighted by Gasteiger charge is -2.11. The minimum Gasteiger partial charge on any atom is -0.508 e. The summed E-state index contributed by atoms with van der Waals surface area (Å²) in [6.07, 6.45) is 2.23. The Morgan fingerprint density at radius 1 is 0.941 bits per heavy atom. The molecule has 2 aromatic rings.